The number of halogens is 1. The number of rotatable bonds is 5. The Morgan fingerprint density at radius 1 is 1.04 bits per heavy atom. The van der Waals surface area contributed by atoms with Crippen molar-refractivity contribution in [2.24, 2.45) is 5.41 Å². The SMILES string of the molecule is Cc1nc(-c2ccccc2)n(CNC(c2ccc(F)cc2)C(C)(C)C)n1. The molecule has 1 aromatic heterocycles. The third kappa shape index (κ3) is 4.17. The van der Waals surface area contributed by atoms with Crippen molar-refractivity contribution in [2.75, 3.05) is 0 Å². The molecular formula is C21H25FN4. The first-order valence-electron chi connectivity index (χ1n) is 8.80. The first-order valence-corrected chi connectivity index (χ1v) is 8.80. The quantitative estimate of drug-likeness (QED) is 0.722. The molecule has 4 nitrogen and oxygen atoms in total. The van der Waals surface area contributed by atoms with Gasteiger partial charge in [0.1, 0.15) is 11.6 Å². The predicted octanol–water partition coefficient (Wildman–Crippen LogP) is 4.73. The Bertz CT molecular complexity index is 848. The first kappa shape index (κ1) is 18.3. The molecule has 2 aromatic carbocycles. The summed E-state index contributed by atoms with van der Waals surface area (Å²) in [5.74, 6) is 1.35. The molecule has 0 fully saturated rings. The number of aromatic nitrogens is 3. The van der Waals surface area contributed by atoms with Crippen LogP contribution in [0.3, 0.4) is 0 Å². The van der Waals surface area contributed by atoms with Crippen molar-refractivity contribution in [1.82, 2.24) is 20.1 Å². The molecular weight excluding hydrogens is 327 g/mol. The zero-order valence-corrected chi connectivity index (χ0v) is 15.7. The summed E-state index contributed by atoms with van der Waals surface area (Å²) in [5, 5.41) is 8.11. The number of hydrogen-bond acceptors (Lipinski definition) is 3. The maximum Gasteiger partial charge on any atom is 0.159 e. The first-order chi connectivity index (χ1) is 12.3. The lowest BCUT2D eigenvalue weighted by atomic mass is 9.82. The van der Waals surface area contributed by atoms with E-state index in [1.807, 2.05) is 54.1 Å². The van der Waals surface area contributed by atoms with Crippen LogP contribution in [0.25, 0.3) is 11.4 Å². The van der Waals surface area contributed by atoms with Crippen LogP contribution in [0.2, 0.25) is 0 Å². The summed E-state index contributed by atoms with van der Waals surface area (Å²) in [6, 6.07) is 16.8. The van der Waals surface area contributed by atoms with Crippen LogP contribution >= 0.6 is 0 Å². The van der Waals surface area contributed by atoms with Gasteiger partial charge in [-0.1, -0.05) is 63.2 Å². The van der Waals surface area contributed by atoms with Crippen LogP contribution in [-0.4, -0.2) is 14.8 Å². The Balaban J connectivity index is 1.85. The molecule has 1 atom stereocenters. The monoisotopic (exact) mass is 352 g/mol. The van der Waals surface area contributed by atoms with Gasteiger partial charge < -0.3 is 0 Å². The van der Waals surface area contributed by atoms with E-state index in [1.54, 1.807) is 0 Å². The fraction of sp³-hybridized carbons (Fsp3) is 0.333. The summed E-state index contributed by atoms with van der Waals surface area (Å²) in [6.45, 7) is 8.91. The Morgan fingerprint density at radius 2 is 1.69 bits per heavy atom. The minimum absolute atomic E-state index is 0.0413. The van der Waals surface area contributed by atoms with Crippen molar-refractivity contribution < 1.29 is 4.39 Å². The van der Waals surface area contributed by atoms with E-state index in [9.17, 15) is 4.39 Å². The minimum Gasteiger partial charge on any atom is -0.291 e. The topological polar surface area (TPSA) is 42.7 Å². The van der Waals surface area contributed by atoms with Crippen molar-refractivity contribution in [2.45, 2.75) is 40.4 Å². The summed E-state index contributed by atoms with van der Waals surface area (Å²) in [6.07, 6.45) is 0. The number of hydrogen-bond donors (Lipinski definition) is 1. The molecule has 0 aliphatic rings. The second-order valence-electron chi connectivity index (χ2n) is 7.56. The lowest BCUT2D eigenvalue weighted by Crippen LogP contribution is -2.34. The van der Waals surface area contributed by atoms with Gasteiger partial charge in [-0.3, -0.25) is 5.32 Å². The number of nitrogens with one attached hydrogen (secondary N) is 1. The van der Waals surface area contributed by atoms with Gasteiger partial charge in [-0.15, -0.1) is 0 Å². The van der Waals surface area contributed by atoms with Crippen molar-refractivity contribution in [3.8, 4) is 11.4 Å². The van der Waals surface area contributed by atoms with E-state index in [1.165, 1.54) is 12.1 Å². The van der Waals surface area contributed by atoms with Crippen LogP contribution in [-0.2, 0) is 6.67 Å². The fourth-order valence-corrected chi connectivity index (χ4v) is 3.12. The third-order valence-electron chi connectivity index (χ3n) is 4.32. The van der Waals surface area contributed by atoms with Gasteiger partial charge in [0, 0.05) is 11.6 Å². The molecule has 0 radical (unpaired) electrons. The highest BCUT2D eigenvalue weighted by Crippen LogP contribution is 2.33. The average Bonchev–Trinajstić information content (AvgIpc) is 2.97. The van der Waals surface area contributed by atoms with Crippen LogP contribution in [0, 0.1) is 18.2 Å². The van der Waals surface area contributed by atoms with E-state index in [0.717, 1.165) is 22.8 Å². The molecule has 0 saturated carbocycles. The number of benzene rings is 2. The predicted molar refractivity (Wildman–Crippen MR) is 102 cm³/mol. The molecule has 0 bridgehead atoms. The second kappa shape index (κ2) is 7.38. The van der Waals surface area contributed by atoms with Gasteiger partial charge in [-0.2, -0.15) is 5.10 Å². The summed E-state index contributed by atoms with van der Waals surface area (Å²) in [7, 11) is 0. The number of aryl methyl sites for hydroxylation is 1. The molecule has 136 valence electrons. The molecule has 0 aliphatic heterocycles. The van der Waals surface area contributed by atoms with Gasteiger partial charge in [0.2, 0.25) is 0 Å². The van der Waals surface area contributed by atoms with Crippen molar-refractivity contribution in [3.63, 3.8) is 0 Å². The van der Waals surface area contributed by atoms with E-state index in [2.05, 4.69) is 36.2 Å². The van der Waals surface area contributed by atoms with Crippen LogP contribution in [0.1, 0.15) is 38.2 Å². The van der Waals surface area contributed by atoms with Crippen LogP contribution < -0.4 is 5.32 Å². The van der Waals surface area contributed by atoms with Gasteiger partial charge in [0.15, 0.2) is 5.82 Å². The van der Waals surface area contributed by atoms with Crippen molar-refractivity contribution in [1.29, 1.82) is 0 Å². The molecule has 0 amide bonds. The molecule has 0 aliphatic carbocycles. The summed E-state index contributed by atoms with van der Waals surface area (Å²) >= 11 is 0. The van der Waals surface area contributed by atoms with Crippen molar-refractivity contribution >= 4 is 0 Å². The van der Waals surface area contributed by atoms with E-state index in [0.29, 0.717) is 6.67 Å². The Kier molecular flexibility index (Phi) is 5.18. The largest absolute Gasteiger partial charge is 0.291 e. The molecule has 1 heterocycles. The molecule has 26 heavy (non-hydrogen) atoms. The average molecular weight is 352 g/mol. The van der Waals surface area contributed by atoms with E-state index in [4.69, 9.17) is 0 Å². The molecule has 3 aromatic rings. The van der Waals surface area contributed by atoms with Gasteiger partial charge in [0.05, 0.1) is 6.67 Å². The molecule has 5 heteroatoms. The molecule has 3 rings (SSSR count). The van der Waals surface area contributed by atoms with Gasteiger partial charge >= 0.3 is 0 Å². The maximum absolute atomic E-state index is 13.3. The van der Waals surface area contributed by atoms with Gasteiger partial charge in [-0.25, -0.2) is 14.1 Å². The molecule has 0 spiro atoms. The number of nitrogens with zero attached hydrogens (tertiary/aromatic N) is 3. The zero-order chi connectivity index (χ0) is 18.7. The lowest BCUT2D eigenvalue weighted by Gasteiger charge is -2.32. The summed E-state index contributed by atoms with van der Waals surface area (Å²) in [4.78, 5) is 4.57. The van der Waals surface area contributed by atoms with Crippen LogP contribution in [0.5, 0.6) is 0 Å². The fourth-order valence-electron chi connectivity index (χ4n) is 3.12. The van der Waals surface area contributed by atoms with Gasteiger partial charge in [-0.05, 0) is 30.0 Å². The Labute approximate surface area is 154 Å². The normalized spacial score (nSPS) is 13.0. The highest BCUT2D eigenvalue weighted by atomic mass is 19.1. The van der Waals surface area contributed by atoms with E-state index < -0.39 is 0 Å². The van der Waals surface area contributed by atoms with Crippen LogP contribution in [0.15, 0.2) is 54.6 Å². The molecule has 0 saturated heterocycles. The summed E-state index contributed by atoms with van der Waals surface area (Å²) < 4.78 is 15.2. The standard InChI is InChI=1S/C21H25FN4/c1-15-24-20(17-8-6-5-7-9-17)26(25-15)14-23-19(21(2,3)4)16-10-12-18(22)13-11-16/h5-13,19,23H,14H2,1-4H3. The smallest absolute Gasteiger partial charge is 0.159 e. The van der Waals surface area contributed by atoms with E-state index >= 15 is 0 Å². The minimum atomic E-state index is -0.223. The lowest BCUT2D eigenvalue weighted by molar-refractivity contribution is 0.252. The van der Waals surface area contributed by atoms with Crippen molar-refractivity contribution in [3.05, 3.63) is 71.8 Å². The third-order valence-corrected chi connectivity index (χ3v) is 4.32. The maximum atomic E-state index is 13.3. The van der Waals surface area contributed by atoms with Crippen LogP contribution in [0.4, 0.5) is 4.39 Å². The zero-order valence-electron chi connectivity index (χ0n) is 15.7. The molecule has 1 unspecified atom stereocenters. The molecule has 1 N–H and O–H groups in total. The Morgan fingerprint density at radius 3 is 2.31 bits per heavy atom. The summed E-state index contributed by atoms with van der Waals surface area (Å²) in [5.41, 5.74) is 2.04. The highest BCUT2D eigenvalue weighted by molar-refractivity contribution is 5.54. The Hall–Kier alpha value is -2.53. The van der Waals surface area contributed by atoms with E-state index in [-0.39, 0.29) is 17.3 Å². The highest BCUT2D eigenvalue weighted by Gasteiger charge is 2.26. The van der Waals surface area contributed by atoms with Gasteiger partial charge in [0.25, 0.3) is 0 Å². The second-order valence-corrected chi connectivity index (χ2v) is 7.56.